The Morgan fingerprint density at radius 2 is 2.09 bits per heavy atom. The molecule has 110 valence electrons. The first kappa shape index (κ1) is 13.8. The molecule has 0 saturated heterocycles. The van der Waals surface area contributed by atoms with Gasteiger partial charge in [0.05, 0.1) is 22.3 Å². The predicted molar refractivity (Wildman–Crippen MR) is 81.8 cm³/mol. The second-order valence-corrected chi connectivity index (χ2v) is 5.23. The number of rotatable bonds is 3. The van der Waals surface area contributed by atoms with Crippen LogP contribution in [0.3, 0.4) is 0 Å². The summed E-state index contributed by atoms with van der Waals surface area (Å²) in [6.45, 7) is 3.85. The van der Waals surface area contributed by atoms with E-state index in [9.17, 15) is 9.90 Å². The van der Waals surface area contributed by atoms with E-state index < -0.39 is 5.97 Å². The van der Waals surface area contributed by atoms with Crippen molar-refractivity contribution in [3.05, 3.63) is 29.6 Å². The Hall–Kier alpha value is -3.14. The second-order valence-electron chi connectivity index (χ2n) is 5.23. The van der Waals surface area contributed by atoms with Crippen LogP contribution in [0.5, 0.6) is 0 Å². The van der Waals surface area contributed by atoms with Gasteiger partial charge in [-0.2, -0.15) is 5.26 Å². The molecule has 0 saturated carbocycles. The first-order chi connectivity index (χ1) is 10.5. The molecule has 3 aromatic heterocycles. The number of nitrogens with one attached hydrogen (secondary N) is 2. The van der Waals surface area contributed by atoms with Gasteiger partial charge >= 0.3 is 5.97 Å². The van der Waals surface area contributed by atoms with Crippen molar-refractivity contribution in [2.24, 2.45) is 0 Å². The summed E-state index contributed by atoms with van der Waals surface area (Å²) in [5.41, 5.74) is 3.40. The van der Waals surface area contributed by atoms with Crippen LogP contribution in [0.2, 0.25) is 0 Å². The van der Waals surface area contributed by atoms with Gasteiger partial charge in [0, 0.05) is 18.4 Å². The van der Waals surface area contributed by atoms with E-state index in [4.69, 9.17) is 5.26 Å². The fraction of sp³-hybridized carbons (Fsp3) is 0.200. The lowest BCUT2D eigenvalue weighted by atomic mass is 10.2. The minimum absolute atomic E-state index is 0.0535. The van der Waals surface area contributed by atoms with E-state index in [2.05, 4.69) is 20.3 Å². The fourth-order valence-electron chi connectivity index (χ4n) is 2.36. The molecule has 0 spiro atoms. The van der Waals surface area contributed by atoms with E-state index in [1.165, 1.54) is 12.4 Å². The Balaban J connectivity index is 2.37. The third kappa shape index (κ3) is 2.11. The highest BCUT2D eigenvalue weighted by atomic mass is 16.4. The van der Waals surface area contributed by atoms with Crippen molar-refractivity contribution >= 4 is 33.7 Å². The van der Waals surface area contributed by atoms with Crippen LogP contribution in [0.15, 0.2) is 18.5 Å². The number of hydrogen-bond acceptors (Lipinski definition) is 5. The van der Waals surface area contributed by atoms with E-state index in [-0.39, 0.29) is 11.6 Å². The van der Waals surface area contributed by atoms with E-state index in [1.807, 2.05) is 19.9 Å². The molecule has 0 aliphatic heterocycles. The Bertz CT molecular complexity index is 936. The maximum atomic E-state index is 11.4. The third-order valence-electron chi connectivity index (χ3n) is 3.24. The number of carbonyl (C=O) groups is 1. The van der Waals surface area contributed by atoms with Gasteiger partial charge in [0.2, 0.25) is 0 Å². The van der Waals surface area contributed by atoms with Gasteiger partial charge in [-0.05, 0) is 19.9 Å². The van der Waals surface area contributed by atoms with Gasteiger partial charge < -0.3 is 15.4 Å². The maximum absolute atomic E-state index is 11.4. The number of aromatic nitrogens is 3. The molecule has 0 fully saturated rings. The molecular formula is C15H13N5O2. The number of H-pyrrole nitrogens is 1. The highest BCUT2D eigenvalue weighted by molar-refractivity contribution is 6.11. The number of nitrogens with zero attached hydrogens (tertiary/aromatic N) is 3. The lowest BCUT2D eigenvalue weighted by Crippen LogP contribution is -2.14. The molecule has 0 aliphatic carbocycles. The number of aromatic carboxylic acids is 1. The first-order valence-corrected chi connectivity index (χ1v) is 6.71. The zero-order valence-corrected chi connectivity index (χ0v) is 12.0. The van der Waals surface area contributed by atoms with Gasteiger partial charge in [0.25, 0.3) is 0 Å². The molecule has 3 N–H and O–H groups in total. The van der Waals surface area contributed by atoms with Crippen LogP contribution >= 0.6 is 0 Å². The van der Waals surface area contributed by atoms with Crippen LogP contribution in [0.1, 0.15) is 29.8 Å². The summed E-state index contributed by atoms with van der Waals surface area (Å²) < 4.78 is 0. The second kappa shape index (κ2) is 5.00. The van der Waals surface area contributed by atoms with Crippen molar-refractivity contribution in [2.45, 2.75) is 19.9 Å². The lowest BCUT2D eigenvalue weighted by Gasteiger charge is -2.13. The molecule has 0 amide bonds. The SMILES string of the molecule is CC(C)Nc1c(C(=O)O)cnc2c1[nH]c1cc(C#N)cnc12. The third-order valence-corrected chi connectivity index (χ3v) is 3.24. The van der Waals surface area contributed by atoms with Gasteiger partial charge in [0.1, 0.15) is 22.7 Å². The molecule has 0 unspecified atom stereocenters. The molecule has 3 rings (SSSR count). The molecule has 0 radical (unpaired) electrons. The topological polar surface area (TPSA) is 115 Å². The predicted octanol–water partition coefficient (Wildman–Crippen LogP) is 2.50. The van der Waals surface area contributed by atoms with Crippen molar-refractivity contribution in [3.8, 4) is 6.07 Å². The summed E-state index contributed by atoms with van der Waals surface area (Å²) in [6.07, 6.45) is 2.79. The minimum Gasteiger partial charge on any atom is -0.478 e. The van der Waals surface area contributed by atoms with Crippen LogP contribution in [0.25, 0.3) is 22.1 Å². The summed E-state index contributed by atoms with van der Waals surface area (Å²) in [5.74, 6) is -1.05. The number of carboxylic acid groups (broad SMARTS) is 1. The highest BCUT2D eigenvalue weighted by Gasteiger charge is 2.19. The maximum Gasteiger partial charge on any atom is 0.339 e. The average molecular weight is 295 g/mol. The number of aromatic amines is 1. The van der Waals surface area contributed by atoms with E-state index in [1.54, 1.807) is 6.07 Å². The molecule has 0 bridgehead atoms. The zero-order valence-electron chi connectivity index (χ0n) is 12.0. The van der Waals surface area contributed by atoms with Crippen molar-refractivity contribution in [3.63, 3.8) is 0 Å². The van der Waals surface area contributed by atoms with E-state index >= 15 is 0 Å². The summed E-state index contributed by atoms with van der Waals surface area (Å²) >= 11 is 0. The number of fused-ring (bicyclic) bond motifs is 3. The molecule has 3 aromatic rings. The van der Waals surface area contributed by atoms with Crippen LogP contribution in [0, 0.1) is 11.3 Å². The normalized spacial score (nSPS) is 11.0. The monoisotopic (exact) mass is 295 g/mol. The van der Waals surface area contributed by atoms with Gasteiger partial charge in [-0.3, -0.25) is 9.97 Å². The molecule has 0 aliphatic rings. The van der Waals surface area contributed by atoms with Crippen LogP contribution in [-0.4, -0.2) is 32.1 Å². The summed E-state index contributed by atoms with van der Waals surface area (Å²) in [4.78, 5) is 23.0. The Morgan fingerprint density at radius 1 is 1.36 bits per heavy atom. The Kier molecular flexibility index (Phi) is 3.14. The van der Waals surface area contributed by atoms with Crippen molar-refractivity contribution < 1.29 is 9.90 Å². The van der Waals surface area contributed by atoms with E-state index in [0.717, 1.165) is 0 Å². The number of hydrogen-bond donors (Lipinski definition) is 3. The van der Waals surface area contributed by atoms with Crippen LogP contribution in [-0.2, 0) is 0 Å². The van der Waals surface area contributed by atoms with Gasteiger partial charge in [-0.25, -0.2) is 4.79 Å². The molecule has 0 atom stereocenters. The molecule has 7 nitrogen and oxygen atoms in total. The zero-order chi connectivity index (χ0) is 15.9. The average Bonchev–Trinajstić information content (AvgIpc) is 2.84. The van der Waals surface area contributed by atoms with Crippen molar-refractivity contribution in [2.75, 3.05) is 5.32 Å². The largest absolute Gasteiger partial charge is 0.478 e. The standard InChI is InChI=1S/C15H13N5O2/c1-7(2)19-11-9(15(21)22)6-18-13-12-10(20-14(11)13)3-8(4-16)5-17-12/h3,5-7,20H,1-2H3,(H,18,19)(H,21,22). The Labute approximate surface area is 125 Å². The quantitative estimate of drug-likeness (QED) is 0.684. The van der Waals surface area contributed by atoms with Crippen LogP contribution < -0.4 is 5.32 Å². The number of carboxylic acids is 1. The molecule has 22 heavy (non-hydrogen) atoms. The summed E-state index contributed by atoms with van der Waals surface area (Å²) in [5, 5.41) is 21.4. The Morgan fingerprint density at radius 3 is 2.73 bits per heavy atom. The molecule has 3 heterocycles. The van der Waals surface area contributed by atoms with E-state index in [0.29, 0.717) is 33.3 Å². The summed E-state index contributed by atoms with van der Waals surface area (Å²) in [6, 6.07) is 3.75. The number of pyridine rings is 2. The highest BCUT2D eigenvalue weighted by Crippen LogP contribution is 2.31. The van der Waals surface area contributed by atoms with Crippen molar-refractivity contribution in [1.29, 1.82) is 5.26 Å². The van der Waals surface area contributed by atoms with Gasteiger partial charge in [-0.15, -0.1) is 0 Å². The number of anilines is 1. The lowest BCUT2D eigenvalue weighted by molar-refractivity contribution is 0.0697. The van der Waals surface area contributed by atoms with Crippen molar-refractivity contribution in [1.82, 2.24) is 15.0 Å². The summed E-state index contributed by atoms with van der Waals surface area (Å²) in [7, 11) is 0. The smallest absolute Gasteiger partial charge is 0.339 e. The van der Waals surface area contributed by atoms with Crippen LogP contribution in [0.4, 0.5) is 5.69 Å². The molecule has 0 aromatic carbocycles. The first-order valence-electron chi connectivity index (χ1n) is 6.71. The molecule has 7 heteroatoms. The number of nitriles is 1. The van der Waals surface area contributed by atoms with Gasteiger partial charge in [0.15, 0.2) is 0 Å². The fourth-order valence-corrected chi connectivity index (χ4v) is 2.36. The van der Waals surface area contributed by atoms with Gasteiger partial charge in [-0.1, -0.05) is 0 Å². The molecular weight excluding hydrogens is 282 g/mol. The minimum atomic E-state index is -1.05.